The summed E-state index contributed by atoms with van der Waals surface area (Å²) in [5, 5.41) is 0. The molecule has 0 saturated heterocycles. The molecule has 0 fully saturated rings. The molecule has 0 aliphatic rings. The van der Waals surface area contributed by atoms with Gasteiger partial charge in [0.2, 0.25) is 0 Å². The van der Waals surface area contributed by atoms with Crippen LogP contribution in [0.4, 0.5) is 0 Å². The van der Waals surface area contributed by atoms with Crippen LogP contribution in [-0.4, -0.2) is 5.97 Å². The molecule has 0 heterocycles. The zero-order valence-electron chi connectivity index (χ0n) is 18.8. The van der Waals surface area contributed by atoms with Crippen LogP contribution in [-0.2, 0) is 9.53 Å². The van der Waals surface area contributed by atoms with Crippen molar-refractivity contribution in [3.8, 4) is 0 Å². The fourth-order valence-corrected chi connectivity index (χ4v) is 3.63. The van der Waals surface area contributed by atoms with E-state index in [9.17, 15) is 4.79 Å². The fraction of sp³-hybridized carbons (Fsp3) is 0.880. The van der Waals surface area contributed by atoms with E-state index in [0.717, 1.165) is 6.42 Å². The van der Waals surface area contributed by atoms with Crippen molar-refractivity contribution in [2.45, 2.75) is 136 Å². The average molecular weight is 381 g/mol. The number of carbonyl (C=O) groups is 1. The van der Waals surface area contributed by atoms with Crippen molar-refractivity contribution in [1.29, 1.82) is 0 Å². The van der Waals surface area contributed by atoms with Gasteiger partial charge in [0.05, 0.1) is 6.26 Å². The zero-order valence-corrected chi connectivity index (χ0v) is 18.8. The van der Waals surface area contributed by atoms with Crippen LogP contribution in [0.3, 0.4) is 0 Å². The number of allylic oxidation sites excluding steroid dienone is 1. The Hall–Kier alpha value is -0.790. The molecule has 0 amide bonds. The molecular formula is C25H48O2. The van der Waals surface area contributed by atoms with Gasteiger partial charge >= 0.3 is 5.97 Å². The van der Waals surface area contributed by atoms with Gasteiger partial charge in [0, 0.05) is 6.42 Å². The number of carbonyl (C=O) groups excluding carboxylic acids is 1. The lowest BCUT2D eigenvalue weighted by molar-refractivity contribution is -0.139. The van der Waals surface area contributed by atoms with Crippen LogP contribution < -0.4 is 0 Å². The predicted molar refractivity (Wildman–Crippen MR) is 119 cm³/mol. The van der Waals surface area contributed by atoms with Crippen molar-refractivity contribution < 1.29 is 9.53 Å². The van der Waals surface area contributed by atoms with Gasteiger partial charge in [0.15, 0.2) is 0 Å². The highest BCUT2D eigenvalue weighted by atomic mass is 16.5. The van der Waals surface area contributed by atoms with Crippen molar-refractivity contribution >= 4 is 5.97 Å². The highest BCUT2D eigenvalue weighted by Crippen LogP contribution is 2.23. The maximum Gasteiger partial charge on any atom is 0.310 e. The van der Waals surface area contributed by atoms with Gasteiger partial charge in [-0.05, 0) is 31.3 Å². The van der Waals surface area contributed by atoms with Crippen LogP contribution in [0, 0.1) is 5.92 Å². The molecule has 0 aromatic carbocycles. The molecule has 27 heavy (non-hydrogen) atoms. The number of esters is 1. The molecular weight excluding hydrogens is 332 g/mol. The molecule has 0 aliphatic carbocycles. The van der Waals surface area contributed by atoms with Crippen molar-refractivity contribution in [2.75, 3.05) is 0 Å². The van der Waals surface area contributed by atoms with Crippen LogP contribution in [0.25, 0.3) is 0 Å². The van der Waals surface area contributed by atoms with Crippen LogP contribution in [0.15, 0.2) is 12.3 Å². The lowest BCUT2D eigenvalue weighted by Crippen LogP contribution is -2.10. The van der Waals surface area contributed by atoms with Gasteiger partial charge < -0.3 is 4.74 Å². The summed E-state index contributed by atoms with van der Waals surface area (Å²) in [6.07, 6.45) is 26.2. The molecule has 0 saturated carbocycles. The molecule has 160 valence electrons. The Labute approximate surface area is 170 Å². The van der Waals surface area contributed by atoms with Crippen LogP contribution in [0.1, 0.15) is 136 Å². The highest BCUT2D eigenvalue weighted by Gasteiger charge is 2.14. The van der Waals surface area contributed by atoms with Crippen molar-refractivity contribution in [3.05, 3.63) is 12.3 Å². The lowest BCUT2D eigenvalue weighted by Gasteiger charge is -2.15. The topological polar surface area (TPSA) is 26.3 Å². The van der Waals surface area contributed by atoms with Crippen molar-refractivity contribution in [2.24, 2.45) is 5.92 Å². The normalized spacial score (nSPS) is 12.6. The average Bonchev–Trinajstić information content (AvgIpc) is 2.66. The number of rotatable bonds is 20. The third kappa shape index (κ3) is 19.8. The summed E-state index contributed by atoms with van der Waals surface area (Å²) in [6, 6.07) is 0. The van der Waals surface area contributed by atoms with E-state index in [0.29, 0.717) is 12.3 Å². The predicted octanol–water partition coefficient (Wildman–Crippen LogP) is 8.74. The fourth-order valence-electron chi connectivity index (χ4n) is 3.63. The highest BCUT2D eigenvalue weighted by molar-refractivity contribution is 5.70. The number of ether oxygens (including phenoxy) is 1. The second-order valence-electron chi connectivity index (χ2n) is 8.16. The Kier molecular flexibility index (Phi) is 20.9. The molecule has 0 aromatic heterocycles. The maximum atomic E-state index is 12.1. The van der Waals surface area contributed by atoms with Crippen molar-refractivity contribution in [1.82, 2.24) is 0 Å². The van der Waals surface area contributed by atoms with E-state index in [1.54, 1.807) is 6.26 Å². The van der Waals surface area contributed by atoms with Gasteiger partial charge in [-0.2, -0.15) is 0 Å². The number of unbranched alkanes of at least 4 members (excludes halogenated alkanes) is 12. The third-order valence-electron chi connectivity index (χ3n) is 5.42. The van der Waals surface area contributed by atoms with Crippen LogP contribution >= 0.6 is 0 Å². The molecule has 0 N–H and O–H groups in total. The monoisotopic (exact) mass is 380 g/mol. The Morgan fingerprint density at radius 3 is 1.59 bits per heavy atom. The maximum absolute atomic E-state index is 12.1. The lowest BCUT2D eigenvalue weighted by atomic mass is 9.91. The Bertz CT molecular complexity index is 335. The molecule has 0 radical (unpaired) electrons. The first-order chi connectivity index (χ1) is 13.2. The first-order valence-corrected chi connectivity index (χ1v) is 12.1. The van der Waals surface area contributed by atoms with E-state index >= 15 is 0 Å². The molecule has 0 bridgehead atoms. The summed E-state index contributed by atoms with van der Waals surface area (Å²) < 4.78 is 5.24. The van der Waals surface area contributed by atoms with Gasteiger partial charge in [0.1, 0.15) is 0 Å². The molecule has 0 aromatic rings. The minimum absolute atomic E-state index is 0.0461. The molecule has 1 atom stereocenters. The molecule has 0 aliphatic heterocycles. The Morgan fingerprint density at radius 2 is 1.15 bits per heavy atom. The summed E-state index contributed by atoms with van der Waals surface area (Å²) in [5.74, 6) is 0.467. The van der Waals surface area contributed by atoms with E-state index in [1.807, 2.05) is 13.0 Å². The molecule has 1 unspecified atom stereocenters. The first kappa shape index (κ1) is 26.2. The number of hydrogen-bond donors (Lipinski definition) is 0. The van der Waals surface area contributed by atoms with E-state index in [-0.39, 0.29) is 5.97 Å². The molecule has 0 spiro atoms. The van der Waals surface area contributed by atoms with E-state index < -0.39 is 0 Å². The minimum Gasteiger partial charge on any atom is -0.435 e. The summed E-state index contributed by atoms with van der Waals surface area (Å²) in [4.78, 5) is 12.1. The zero-order chi connectivity index (χ0) is 20.0. The molecule has 0 rings (SSSR count). The van der Waals surface area contributed by atoms with Gasteiger partial charge in [-0.15, -0.1) is 0 Å². The standard InChI is InChI=1S/C25H48O2/c1-4-7-10-12-14-15-17-19-21-24(20-18-16-13-11-8-5-2)23-25(26)27-22-9-6-3/h9,22,24H,4-8,10-21,23H2,1-3H3. The first-order valence-electron chi connectivity index (χ1n) is 12.1. The number of hydrogen-bond acceptors (Lipinski definition) is 2. The summed E-state index contributed by atoms with van der Waals surface area (Å²) in [7, 11) is 0. The van der Waals surface area contributed by atoms with Gasteiger partial charge in [-0.25, -0.2) is 0 Å². The Balaban J connectivity index is 4.00. The van der Waals surface area contributed by atoms with Gasteiger partial charge in [-0.1, -0.05) is 111 Å². The largest absolute Gasteiger partial charge is 0.435 e. The molecule has 2 heteroatoms. The second kappa shape index (κ2) is 21.5. The van der Waals surface area contributed by atoms with E-state index in [4.69, 9.17) is 4.74 Å². The summed E-state index contributed by atoms with van der Waals surface area (Å²) in [6.45, 7) is 6.58. The van der Waals surface area contributed by atoms with Crippen molar-refractivity contribution in [3.63, 3.8) is 0 Å². The SMILES string of the molecule is CCC=COC(=O)CC(CCCCCCCC)CCCCCCCCCC. The quantitative estimate of drug-likeness (QED) is 0.120. The second-order valence-corrected chi connectivity index (χ2v) is 8.16. The smallest absolute Gasteiger partial charge is 0.310 e. The van der Waals surface area contributed by atoms with E-state index in [2.05, 4.69) is 13.8 Å². The molecule has 2 nitrogen and oxygen atoms in total. The minimum atomic E-state index is -0.0461. The van der Waals surface area contributed by atoms with E-state index in [1.165, 1.54) is 103 Å². The van der Waals surface area contributed by atoms with Crippen LogP contribution in [0.5, 0.6) is 0 Å². The van der Waals surface area contributed by atoms with Gasteiger partial charge in [0.25, 0.3) is 0 Å². The van der Waals surface area contributed by atoms with Crippen LogP contribution in [0.2, 0.25) is 0 Å². The van der Waals surface area contributed by atoms with Gasteiger partial charge in [-0.3, -0.25) is 4.79 Å². The summed E-state index contributed by atoms with van der Waals surface area (Å²) >= 11 is 0. The summed E-state index contributed by atoms with van der Waals surface area (Å²) in [5.41, 5.74) is 0. The third-order valence-corrected chi connectivity index (χ3v) is 5.42. The Morgan fingerprint density at radius 1 is 0.704 bits per heavy atom.